The van der Waals surface area contributed by atoms with Crippen molar-refractivity contribution in [3.63, 3.8) is 0 Å². The Morgan fingerprint density at radius 1 is 1.11 bits per heavy atom. The molecule has 0 aromatic heterocycles. The molecule has 2 aromatic carbocycles. The van der Waals surface area contributed by atoms with Crippen LogP contribution in [0.2, 0.25) is 0 Å². The molecule has 0 aliphatic carbocycles. The third-order valence-corrected chi connectivity index (χ3v) is 3.67. The summed E-state index contributed by atoms with van der Waals surface area (Å²) in [4.78, 5) is 13.0. The van der Waals surface area contributed by atoms with E-state index < -0.39 is 0 Å². The molecule has 3 nitrogen and oxygen atoms in total. The van der Waals surface area contributed by atoms with Gasteiger partial charge in [-0.25, -0.2) is 0 Å². The summed E-state index contributed by atoms with van der Waals surface area (Å²) in [5.74, 6) is 0.190. The Morgan fingerprint density at radius 3 is 2.37 bits per heavy atom. The van der Waals surface area contributed by atoms with Crippen molar-refractivity contribution in [2.24, 2.45) is 0 Å². The van der Waals surface area contributed by atoms with E-state index in [1.807, 2.05) is 37.3 Å². The summed E-state index contributed by atoms with van der Waals surface area (Å²) in [7, 11) is 0. The molecule has 2 N–H and O–H groups in total. The highest BCUT2D eigenvalue weighted by atomic mass is 32.2. The van der Waals surface area contributed by atoms with E-state index in [2.05, 4.69) is 5.32 Å². The third-order valence-electron chi connectivity index (χ3n) is 2.56. The Balaban J connectivity index is 1.94. The molecule has 1 atom stereocenters. The summed E-state index contributed by atoms with van der Waals surface area (Å²) in [5.41, 5.74) is 0.797. The van der Waals surface area contributed by atoms with Crippen molar-refractivity contribution in [2.75, 3.05) is 5.32 Å². The Morgan fingerprint density at radius 2 is 1.74 bits per heavy atom. The largest absolute Gasteiger partial charge is 0.508 e. The Kier molecular flexibility index (Phi) is 4.47. The first-order valence-electron chi connectivity index (χ1n) is 5.97. The van der Waals surface area contributed by atoms with Crippen LogP contribution < -0.4 is 5.32 Å². The molecular formula is C15H15NO2S. The average molecular weight is 273 g/mol. The second-order valence-corrected chi connectivity index (χ2v) is 5.52. The highest BCUT2D eigenvalue weighted by Crippen LogP contribution is 2.25. The van der Waals surface area contributed by atoms with Crippen molar-refractivity contribution in [2.45, 2.75) is 17.1 Å². The van der Waals surface area contributed by atoms with Crippen molar-refractivity contribution in [1.29, 1.82) is 0 Å². The molecule has 0 fully saturated rings. The van der Waals surface area contributed by atoms with E-state index in [0.717, 1.165) is 10.6 Å². The molecule has 4 heteroatoms. The van der Waals surface area contributed by atoms with Gasteiger partial charge < -0.3 is 10.4 Å². The van der Waals surface area contributed by atoms with E-state index in [9.17, 15) is 9.90 Å². The van der Waals surface area contributed by atoms with E-state index in [0.29, 0.717) is 0 Å². The Labute approximate surface area is 116 Å². The summed E-state index contributed by atoms with van der Waals surface area (Å²) in [6, 6.07) is 16.2. The van der Waals surface area contributed by atoms with Crippen LogP contribution in [-0.4, -0.2) is 16.3 Å². The fourth-order valence-corrected chi connectivity index (χ4v) is 2.42. The molecule has 2 aromatic rings. The highest BCUT2D eigenvalue weighted by Gasteiger charge is 2.14. The van der Waals surface area contributed by atoms with Crippen molar-refractivity contribution >= 4 is 23.4 Å². The number of anilines is 1. The van der Waals surface area contributed by atoms with Gasteiger partial charge in [0.25, 0.3) is 0 Å². The zero-order valence-corrected chi connectivity index (χ0v) is 11.4. The monoisotopic (exact) mass is 273 g/mol. The van der Waals surface area contributed by atoms with E-state index in [1.54, 1.807) is 24.3 Å². The molecule has 0 aliphatic heterocycles. The SMILES string of the molecule is CC(Sc1ccc(O)cc1)C(=O)Nc1ccccc1. The van der Waals surface area contributed by atoms with Crippen LogP contribution in [0.5, 0.6) is 5.75 Å². The second-order valence-electron chi connectivity index (χ2n) is 4.11. The molecule has 1 unspecified atom stereocenters. The maximum Gasteiger partial charge on any atom is 0.237 e. The molecule has 1 amide bonds. The van der Waals surface area contributed by atoms with Crippen LogP contribution in [0.1, 0.15) is 6.92 Å². The second kappa shape index (κ2) is 6.29. The van der Waals surface area contributed by atoms with Gasteiger partial charge in [-0.3, -0.25) is 4.79 Å². The zero-order valence-electron chi connectivity index (χ0n) is 10.5. The minimum atomic E-state index is -0.204. The molecule has 0 heterocycles. The minimum Gasteiger partial charge on any atom is -0.508 e. The normalized spacial score (nSPS) is 11.8. The van der Waals surface area contributed by atoms with Gasteiger partial charge in [0, 0.05) is 10.6 Å². The smallest absolute Gasteiger partial charge is 0.237 e. The van der Waals surface area contributed by atoms with Crippen LogP contribution in [0.4, 0.5) is 5.69 Å². The first-order chi connectivity index (χ1) is 9.15. The molecule has 0 spiro atoms. The maximum atomic E-state index is 12.0. The van der Waals surface area contributed by atoms with Gasteiger partial charge >= 0.3 is 0 Å². The number of para-hydroxylation sites is 1. The van der Waals surface area contributed by atoms with Gasteiger partial charge in [-0.2, -0.15) is 0 Å². The van der Waals surface area contributed by atoms with E-state index >= 15 is 0 Å². The van der Waals surface area contributed by atoms with Crippen molar-refractivity contribution in [3.05, 3.63) is 54.6 Å². The van der Waals surface area contributed by atoms with E-state index in [-0.39, 0.29) is 16.9 Å². The minimum absolute atomic E-state index is 0.0377. The highest BCUT2D eigenvalue weighted by molar-refractivity contribution is 8.00. The number of amides is 1. The number of thioether (sulfide) groups is 1. The van der Waals surface area contributed by atoms with Gasteiger partial charge in [-0.15, -0.1) is 11.8 Å². The van der Waals surface area contributed by atoms with Gasteiger partial charge in [-0.05, 0) is 43.3 Å². The van der Waals surface area contributed by atoms with Crippen molar-refractivity contribution in [1.82, 2.24) is 0 Å². The number of benzene rings is 2. The molecule has 0 saturated carbocycles. The van der Waals surface area contributed by atoms with Gasteiger partial charge in [0.1, 0.15) is 5.75 Å². The van der Waals surface area contributed by atoms with Gasteiger partial charge in [0.2, 0.25) is 5.91 Å². The zero-order chi connectivity index (χ0) is 13.7. The number of rotatable bonds is 4. The molecule has 0 saturated heterocycles. The number of aromatic hydroxyl groups is 1. The van der Waals surface area contributed by atoms with Crippen LogP contribution >= 0.6 is 11.8 Å². The van der Waals surface area contributed by atoms with Crippen LogP contribution in [0, 0.1) is 0 Å². The average Bonchev–Trinajstić information content (AvgIpc) is 2.42. The lowest BCUT2D eigenvalue weighted by atomic mass is 10.3. The van der Waals surface area contributed by atoms with E-state index in [4.69, 9.17) is 0 Å². The summed E-state index contributed by atoms with van der Waals surface area (Å²) in [6.07, 6.45) is 0. The molecule has 0 aliphatic rings. The van der Waals surface area contributed by atoms with E-state index in [1.165, 1.54) is 11.8 Å². The number of carbonyl (C=O) groups is 1. The lowest BCUT2D eigenvalue weighted by Crippen LogP contribution is -2.22. The molecular weight excluding hydrogens is 258 g/mol. The molecule has 0 radical (unpaired) electrons. The first-order valence-corrected chi connectivity index (χ1v) is 6.85. The Bertz CT molecular complexity index is 540. The molecule has 19 heavy (non-hydrogen) atoms. The summed E-state index contributed by atoms with van der Waals surface area (Å²) in [5, 5.41) is 11.9. The lowest BCUT2D eigenvalue weighted by molar-refractivity contribution is -0.115. The third kappa shape index (κ3) is 4.03. The van der Waals surface area contributed by atoms with Gasteiger partial charge in [-0.1, -0.05) is 18.2 Å². The first kappa shape index (κ1) is 13.5. The fraction of sp³-hybridized carbons (Fsp3) is 0.133. The molecule has 0 bridgehead atoms. The molecule has 98 valence electrons. The predicted octanol–water partition coefficient (Wildman–Crippen LogP) is 3.51. The predicted molar refractivity (Wildman–Crippen MR) is 78.5 cm³/mol. The number of phenolic OH excluding ortho intramolecular Hbond substituents is 1. The molecule has 2 rings (SSSR count). The number of hydrogen-bond acceptors (Lipinski definition) is 3. The van der Waals surface area contributed by atoms with Crippen LogP contribution in [0.15, 0.2) is 59.5 Å². The number of hydrogen-bond donors (Lipinski definition) is 2. The van der Waals surface area contributed by atoms with Gasteiger partial charge in [0.15, 0.2) is 0 Å². The topological polar surface area (TPSA) is 49.3 Å². The van der Waals surface area contributed by atoms with Crippen LogP contribution in [0.3, 0.4) is 0 Å². The van der Waals surface area contributed by atoms with Crippen molar-refractivity contribution < 1.29 is 9.90 Å². The number of carbonyl (C=O) groups excluding carboxylic acids is 1. The summed E-state index contributed by atoms with van der Waals surface area (Å²) < 4.78 is 0. The fourth-order valence-electron chi connectivity index (χ4n) is 1.55. The van der Waals surface area contributed by atoms with Crippen LogP contribution in [0.25, 0.3) is 0 Å². The van der Waals surface area contributed by atoms with Gasteiger partial charge in [0.05, 0.1) is 5.25 Å². The maximum absolute atomic E-state index is 12.0. The van der Waals surface area contributed by atoms with Crippen LogP contribution in [-0.2, 0) is 4.79 Å². The quantitative estimate of drug-likeness (QED) is 0.838. The number of nitrogens with one attached hydrogen (secondary N) is 1. The number of phenols is 1. The Hall–Kier alpha value is -1.94. The lowest BCUT2D eigenvalue weighted by Gasteiger charge is -2.12. The standard InChI is InChI=1S/C15H15NO2S/c1-11(19-14-9-7-13(17)8-10-14)15(18)16-12-5-3-2-4-6-12/h2-11,17H,1H3,(H,16,18). The summed E-state index contributed by atoms with van der Waals surface area (Å²) >= 11 is 1.46. The summed E-state index contributed by atoms with van der Waals surface area (Å²) in [6.45, 7) is 1.86. The van der Waals surface area contributed by atoms with Crippen molar-refractivity contribution in [3.8, 4) is 5.75 Å².